The van der Waals surface area contributed by atoms with Crippen LogP contribution in [-0.4, -0.2) is 52.8 Å². The largest absolute Gasteiger partial charge is 0.367 e. The van der Waals surface area contributed by atoms with Crippen LogP contribution in [0.3, 0.4) is 0 Å². The van der Waals surface area contributed by atoms with E-state index >= 15 is 0 Å². The van der Waals surface area contributed by atoms with Crippen LogP contribution < -0.4 is 4.90 Å². The van der Waals surface area contributed by atoms with E-state index in [0.29, 0.717) is 11.7 Å². The quantitative estimate of drug-likeness (QED) is 0.637. The van der Waals surface area contributed by atoms with Gasteiger partial charge in [-0.3, -0.25) is 10.1 Å². The zero-order valence-electron chi connectivity index (χ0n) is 12.7. The first-order valence-corrected chi connectivity index (χ1v) is 7.25. The Kier molecular flexibility index (Phi) is 3.81. The molecule has 116 valence electrons. The van der Waals surface area contributed by atoms with Crippen molar-refractivity contribution in [2.75, 3.05) is 32.1 Å². The zero-order valence-corrected chi connectivity index (χ0v) is 12.7. The third-order valence-electron chi connectivity index (χ3n) is 4.13. The number of likely N-dealkylation sites (N-methyl/N-ethyl adjacent to an activating group) is 1. The third-order valence-corrected chi connectivity index (χ3v) is 4.13. The number of hydrogen-bond acceptors (Lipinski definition) is 5. The SMILES string of the molecule is CN(C)[C@@H]1CCN(c2cnn(-c3cccc([N+](=O)[O-])c3)c2)C1. The minimum Gasteiger partial charge on any atom is -0.367 e. The standard InChI is InChI=1S/C15H19N5O2/c1-17(2)14-6-7-18(10-14)15-9-16-19(11-15)12-4-3-5-13(8-12)20(21)22/h3-5,8-9,11,14H,6-7,10H2,1-2H3/t14-/m1/s1. The van der Waals surface area contributed by atoms with E-state index in [2.05, 4.69) is 29.0 Å². The monoisotopic (exact) mass is 301 g/mol. The van der Waals surface area contributed by atoms with Crippen molar-refractivity contribution in [3.8, 4) is 5.69 Å². The molecule has 1 fully saturated rings. The molecule has 0 unspecified atom stereocenters. The summed E-state index contributed by atoms with van der Waals surface area (Å²) in [5, 5.41) is 15.2. The second kappa shape index (κ2) is 5.76. The van der Waals surface area contributed by atoms with Crippen molar-refractivity contribution < 1.29 is 4.92 Å². The van der Waals surface area contributed by atoms with Crippen LogP contribution in [0.1, 0.15) is 6.42 Å². The Bertz CT molecular complexity index is 682. The maximum absolute atomic E-state index is 10.9. The predicted octanol–water partition coefficient (Wildman–Crippen LogP) is 1.92. The molecule has 0 bridgehead atoms. The molecule has 0 N–H and O–H groups in total. The molecule has 0 saturated carbocycles. The van der Waals surface area contributed by atoms with Gasteiger partial charge in [0.25, 0.3) is 5.69 Å². The Morgan fingerprint density at radius 2 is 2.18 bits per heavy atom. The van der Waals surface area contributed by atoms with Crippen LogP contribution in [0.5, 0.6) is 0 Å². The number of nitrogens with zero attached hydrogens (tertiary/aromatic N) is 5. The van der Waals surface area contributed by atoms with E-state index in [1.165, 1.54) is 12.1 Å². The first-order valence-electron chi connectivity index (χ1n) is 7.25. The van der Waals surface area contributed by atoms with E-state index in [9.17, 15) is 10.1 Å². The van der Waals surface area contributed by atoms with E-state index in [0.717, 1.165) is 25.2 Å². The van der Waals surface area contributed by atoms with Crippen LogP contribution in [0.25, 0.3) is 5.69 Å². The number of nitro groups is 1. The molecule has 1 aliphatic rings. The normalized spacial score (nSPS) is 18.1. The fraction of sp³-hybridized carbons (Fsp3) is 0.400. The molecule has 1 aromatic carbocycles. The molecule has 0 spiro atoms. The maximum Gasteiger partial charge on any atom is 0.271 e. The summed E-state index contributed by atoms with van der Waals surface area (Å²) in [5.74, 6) is 0. The molecular weight excluding hydrogens is 282 g/mol. The highest BCUT2D eigenvalue weighted by Gasteiger charge is 2.25. The second-order valence-electron chi connectivity index (χ2n) is 5.77. The molecule has 0 aliphatic carbocycles. The molecule has 2 heterocycles. The van der Waals surface area contributed by atoms with E-state index in [4.69, 9.17) is 0 Å². The van der Waals surface area contributed by atoms with Crippen molar-refractivity contribution in [3.05, 3.63) is 46.8 Å². The summed E-state index contributed by atoms with van der Waals surface area (Å²) in [7, 11) is 4.20. The first-order chi connectivity index (χ1) is 10.5. The molecule has 1 saturated heterocycles. The van der Waals surface area contributed by atoms with Crippen molar-refractivity contribution >= 4 is 11.4 Å². The Labute approximate surface area is 128 Å². The Balaban J connectivity index is 1.80. The minimum atomic E-state index is -0.393. The highest BCUT2D eigenvalue weighted by atomic mass is 16.6. The van der Waals surface area contributed by atoms with Gasteiger partial charge in [0.05, 0.1) is 28.7 Å². The van der Waals surface area contributed by atoms with Gasteiger partial charge in [0, 0.05) is 31.3 Å². The van der Waals surface area contributed by atoms with Gasteiger partial charge in [-0.2, -0.15) is 5.10 Å². The summed E-state index contributed by atoms with van der Waals surface area (Å²) in [4.78, 5) is 15.0. The fourth-order valence-electron chi connectivity index (χ4n) is 2.76. The van der Waals surface area contributed by atoms with Crippen LogP contribution in [0.4, 0.5) is 11.4 Å². The minimum absolute atomic E-state index is 0.0726. The van der Waals surface area contributed by atoms with E-state index in [-0.39, 0.29) is 5.69 Å². The number of anilines is 1. The molecule has 7 heteroatoms. The van der Waals surface area contributed by atoms with Gasteiger partial charge in [-0.05, 0) is 26.6 Å². The van der Waals surface area contributed by atoms with Crippen LogP contribution >= 0.6 is 0 Å². The van der Waals surface area contributed by atoms with Crippen molar-refractivity contribution in [3.63, 3.8) is 0 Å². The predicted molar refractivity (Wildman–Crippen MR) is 84.5 cm³/mol. The van der Waals surface area contributed by atoms with Crippen LogP contribution in [0.2, 0.25) is 0 Å². The molecule has 1 aromatic heterocycles. The molecule has 22 heavy (non-hydrogen) atoms. The lowest BCUT2D eigenvalue weighted by Crippen LogP contribution is -2.31. The maximum atomic E-state index is 10.9. The third kappa shape index (κ3) is 2.80. The van der Waals surface area contributed by atoms with E-state index < -0.39 is 4.92 Å². The highest BCUT2D eigenvalue weighted by Crippen LogP contribution is 2.23. The summed E-state index contributed by atoms with van der Waals surface area (Å²) < 4.78 is 1.69. The zero-order chi connectivity index (χ0) is 15.7. The number of benzene rings is 1. The van der Waals surface area contributed by atoms with Crippen LogP contribution in [0, 0.1) is 10.1 Å². The molecule has 3 rings (SSSR count). The average molecular weight is 301 g/mol. The number of aromatic nitrogens is 2. The molecular formula is C15H19N5O2. The lowest BCUT2D eigenvalue weighted by atomic mass is 10.2. The molecule has 7 nitrogen and oxygen atoms in total. The fourth-order valence-corrected chi connectivity index (χ4v) is 2.76. The Morgan fingerprint density at radius 1 is 1.36 bits per heavy atom. The van der Waals surface area contributed by atoms with Gasteiger partial charge in [-0.1, -0.05) is 6.07 Å². The van der Waals surface area contributed by atoms with Crippen molar-refractivity contribution in [1.82, 2.24) is 14.7 Å². The summed E-state index contributed by atoms with van der Waals surface area (Å²) in [6.07, 6.45) is 4.88. The van der Waals surface area contributed by atoms with Gasteiger partial charge >= 0.3 is 0 Å². The van der Waals surface area contributed by atoms with Crippen molar-refractivity contribution in [2.45, 2.75) is 12.5 Å². The molecule has 0 amide bonds. The van der Waals surface area contributed by atoms with Gasteiger partial charge < -0.3 is 9.80 Å². The number of hydrogen-bond donors (Lipinski definition) is 0. The molecule has 0 radical (unpaired) electrons. The Morgan fingerprint density at radius 3 is 2.86 bits per heavy atom. The van der Waals surface area contributed by atoms with Gasteiger partial charge in [0.1, 0.15) is 0 Å². The van der Waals surface area contributed by atoms with Gasteiger partial charge in [-0.15, -0.1) is 0 Å². The van der Waals surface area contributed by atoms with E-state index in [1.807, 2.05) is 18.5 Å². The first kappa shape index (κ1) is 14.5. The lowest BCUT2D eigenvalue weighted by molar-refractivity contribution is -0.384. The van der Waals surface area contributed by atoms with Crippen LogP contribution in [0.15, 0.2) is 36.7 Å². The smallest absolute Gasteiger partial charge is 0.271 e. The van der Waals surface area contributed by atoms with Crippen molar-refractivity contribution in [2.24, 2.45) is 0 Å². The number of non-ortho nitro benzene ring substituents is 1. The molecule has 1 aliphatic heterocycles. The lowest BCUT2D eigenvalue weighted by Gasteiger charge is -2.20. The summed E-state index contributed by atoms with van der Waals surface area (Å²) >= 11 is 0. The molecule has 2 aromatic rings. The van der Waals surface area contributed by atoms with Gasteiger partial charge in [0.2, 0.25) is 0 Å². The second-order valence-corrected chi connectivity index (χ2v) is 5.77. The topological polar surface area (TPSA) is 67.4 Å². The Hall–Kier alpha value is -2.41. The van der Waals surface area contributed by atoms with E-state index in [1.54, 1.807) is 10.7 Å². The summed E-state index contributed by atoms with van der Waals surface area (Å²) in [6, 6.07) is 7.06. The van der Waals surface area contributed by atoms with Crippen molar-refractivity contribution in [1.29, 1.82) is 0 Å². The average Bonchev–Trinajstić information content (AvgIpc) is 3.16. The summed E-state index contributed by atoms with van der Waals surface area (Å²) in [5.41, 5.74) is 1.82. The number of nitro benzene ring substituents is 1. The highest BCUT2D eigenvalue weighted by molar-refractivity contribution is 5.48. The van der Waals surface area contributed by atoms with Gasteiger partial charge in [-0.25, -0.2) is 4.68 Å². The van der Waals surface area contributed by atoms with Crippen LogP contribution in [-0.2, 0) is 0 Å². The molecule has 1 atom stereocenters. The summed E-state index contributed by atoms with van der Waals surface area (Å²) in [6.45, 7) is 1.98. The van der Waals surface area contributed by atoms with Gasteiger partial charge in [0.15, 0.2) is 0 Å². The number of rotatable bonds is 4.